The highest BCUT2D eigenvalue weighted by molar-refractivity contribution is 7.89. The van der Waals surface area contributed by atoms with Crippen LogP contribution in [0.3, 0.4) is 0 Å². The Morgan fingerprint density at radius 3 is 2.48 bits per heavy atom. The number of methoxy groups -OCH3 is 1. The topological polar surface area (TPSA) is 75.7 Å². The summed E-state index contributed by atoms with van der Waals surface area (Å²) in [5.74, 6) is 0.0292. The maximum atomic E-state index is 13.3. The predicted octanol–water partition coefficient (Wildman–Crippen LogP) is 3.58. The van der Waals surface area contributed by atoms with Gasteiger partial charge in [-0.1, -0.05) is 37.3 Å². The average molecular weight is 417 g/mol. The first-order chi connectivity index (χ1) is 13.9. The highest BCUT2D eigenvalue weighted by Crippen LogP contribution is 2.29. The number of sulfonamides is 1. The van der Waals surface area contributed by atoms with Gasteiger partial charge in [-0.15, -0.1) is 0 Å². The van der Waals surface area contributed by atoms with E-state index in [1.807, 2.05) is 44.2 Å². The molecular formula is C22H28N2O4S. The molecule has 0 heterocycles. The van der Waals surface area contributed by atoms with E-state index in [1.165, 1.54) is 13.2 Å². The van der Waals surface area contributed by atoms with Crippen molar-refractivity contribution in [1.82, 2.24) is 9.62 Å². The minimum atomic E-state index is -3.75. The van der Waals surface area contributed by atoms with E-state index >= 15 is 0 Å². The molecule has 1 unspecified atom stereocenters. The molecule has 3 rings (SSSR count). The molecule has 7 heteroatoms. The Balaban J connectivity index is 1.94. The van der Waals surface area contributed by atoms with Crippen molar-refractivity contribution < 1.29 is 17.9 Å². The number of carbonyl (C=O) groups is 1. The van der Waals surface area contributed by atoms with Crippen molar-refractivity contribution in [3.8, 4) is 5.75 Å². The zero-order valence-electron chi connectivity index (χ0n) is 17.1. The quantitative estimate of drug-likeness (QED) is 0.678. The Morgan fingerprint density at radius 1 is 1.21 bits per heavy atom. The maximum Gasteiger partial charge on any atom is 0.254 e. The van der Waals surface area contributed by atoms with Gasteiger partial charge < -0.3 is 9.64 Å². The molecule has 29 heavy (non-hydrogen) atoms. The molecule has 0 saturated heterocycles. The molecule has 2 aromatic rings. The van der Waals surface area contributed by atoms with Crippen molar-refractivity contribution >= 4 is 15.9 Å². The fourth-order valence-corrected chi connectivity index (χ4v) is 4.60. The number of carbonyl (C=O) groups excluding carboxylic acids is 1. The smallest absolute Gasteiger partial charge is 0.254 e. The molecule has 0 aromatic heterocycles. The third kappa shape index (κ3) is 5.16. The van der Waals surface area contributed by atoms with Crippen LogP contribution in [0.2, 0.25) is 0 Å². The van der Waals surface area contributed by atoms with Crippen LogP contribution in [0.15, 0.2) is 53.4 Å². The summed E-state index contributed by atoms with van der Waals surface area (Å²) in [5, 5.41) is 0. The number of hydrogen-bond acceptors (Lipinski definition) is 4. The van der Waals surface area contributed by atoms with Crippen LogP contribution < -0.4 is 9.46 Å². The van der Waals surface area contributed by atoms with Crippen molar-refractivity contribution in [1.29, 1.82) is 0 Å². The molecule has 1 aliphatic rings. The van der Waals surface area contributed by atoms with Gasteiger partial charge in [0, 0.05) is 24.2 Å². The largest absolute Gasteiger partial charge is 0.495 e. The second-order valence-corrected chi connectivity index (χ2v) is 9.12. The molecule has 1 aliphatic carbocycles. The zero-order chi connectivity index (χ0) is 21.0. The van der Waals surface area contributed by atoms with Gasteiger partial charge in [-0.2, -0.15) is 0 Å². The molecule has 1 N–H and O–H groups in total. The third-order valence-corrected chi connectivity index (χ3v) is 6.72. The van der Waals surface area contributed by atoms with E-state index in [9.17, 15) is 13.2 Å². The first-order valence-corrected chi connectivity index (χ1v) is 11.4. The Kier molecular flexibility index (Phi) is 6.59. The molecule has 6 nitrogen and oxygen atoms in total. The lowest BCUT2D eigenvalue weighted by atomic mass is 10.1. The molecule has 0 aliphatic heterocycles. The van der Waals surface area contributed by atoms with Crippen molar-refractivity contribution in [2.24, 2.45) is 0 Å². The molecule has 0 radical (unpaired) electrons. The Labute approximate surface area is 172 Å². The van der Waals surface area contributed by atoms with Crippen molar-refractivity contribution in [2.75, 3.05) is 7.11 Å². The molecule has 0 bridgehead atoms. The summed E-state index contributed by atoms with van der Waals surface area (Å²) in [5.41, 5.74) is 1.36. The van der Waals surface area contributed by atoms with E-state index in [4.69, 9.17) is 4.74 Å². The lowest BCUT2D eigenvalue weighted by molar-refractivity contribution is 0.0671. The third-order valence-electron chi connectivity index (χ3n) is 5.18. The summed E-state index contributed by atoms with van der Waals surface area (Å²) < 4.78 is 33.5. The van der Waals surface area contributed by atoms with Gasteiger partial charge in [-0.05, 0) is 49.9 Å². The molecule has 1 saturated carbocycles. The standard InChI is InChI=1S/C22H28N2O4S/c1-4-16(2)24(15-17-8-6-5-7-9-17)22(25)18-10-13-20(28-3)21(14-18)29(26,27)23-19-11-12-19/h5-10,13-14,16,19,23H,4,11-12,15H2,1-3H3. The summed E-state index contributed by atoms with van der Waals surface area (Å²) >= 11 is 0. The SMILES string of the molecule is CCC(C)N(Cc1ccccc1)C(=O)c1ccc(OC)c(S(=O)(=O)NC2CC2)c1. The van der Waals surface area contributed by atoms with Crippen LogP contribution in [0, 0.1) is 0 Å². The normalized spacial score (nSPS) is 15.0. The monoisotopic (exact) mass is 416 g/mol. The lowest BCUT2D eigenvalue weighted by Crippen LogP contribution is -2.38. The summed E-state index contributed by atoms with van der Waals surface area (Å²) in [7, 11) is -2.33. The van der Waals surface area contributed by atoms with Gasteiger partial charge in [-0.3, -0.25) is 4.79 Å². The van der Waals surface area contributed by atoms with E-state index < -0.39 is 10.0 Å². The highest BCUT2D eigenvalue weighted by atomic mass is 32.2. The molecule has 2 aromatic carbocycles. The molecule has 1 atom stereocenters. The summed E-state index contributed by atoms with van der Waals surface area (Å²) in [6, 6.07) is 14.3. The van der Waals surface area contributed by atoms with Gasteiger partial charge in [0.25, 0.3) is 5.91 Å². The number of nitrogens with one attached hydrogen (secondary N) is 1. The fraction of sp³-hybridized carbons (Fsp3) is 0.409. The van der Waals surface area contributed by atoms with Gasteiger partial charge in [-0.25, -0.2) is 13.1 Å². The van der Waals surface area contributed by atoms with E-state index in [-0.39, 0.29) is 28.6 Å². The fourth-order valence-electron chi connectivity index (χ4n) is 3.10. The number of hydrogen-bond donors (Lipinski definition) is 1. The van der Waals surface area contributed by atoms with Crippen LogP contribution in [0.4, 0.5) is 0 Å². The Morgan fingerprint density at radius 2 is 1.90 bits per heavy atom. The first kappa shape index (κ1) is 21.3. The first-order valence-electron chi connectivity index (χ1n) is 9.91. The van der Waals surface area contributed by atoms with Gasteiger partial charge in [0.15, 0.2) is 0 Å². The van der Waals surface area contributed by atoms with E-state index in [2.05, 4.69) is 4.72 Å². The molecule has 1 fully saturated rings. The molecule has 1 amide bonds. The average Bonchev–Trinajstić information content (AvgIpc) is 3.54. The molecular weight excluding hydrogens is 388 g/mol. The van der Waals surface area contributed by atoms with E-state index in [1.54, 1.807) is 17.0 Å². The van der Waals surface area contributed by atoms with Gasteiger partial charge >= 0.3 is 0 Å². The maximum absolute atomic E-state index is 13.3. The van der Waals surface area contributed by atoms with Crippen LogP contribution in [-0.2, 0) is 16.6 Å². The van der Waals surface area contributed by atoms with E-state index in [0.29, 0.717) is 12.1 Å². The summed E-state index contributed by atoms with van der Waals surface area (Å²) in [6.45, 7) is 4.49. The zero-order valence-corrected chi connectivity index (χ0v) is 17.9. The molecule has 156 valence electrons. The second kappa shape index (κ2) is 8.97. The number of benzene rings is 2. The Bertz CT molecular complexity index is 956. The minimum absolute atomic E-state index is 0.00145. The lowest BCUT2D eigenvalue weighted by Gasteiger charge is -2.29. The Hall–Kier alpha value is -2.38. The highest BCUT2D eigenvalue weighted by Gasteiger charge is 2.31. The van der Waals surface area contributed by atoms with Gasteiger partial charge in [0.05, 0.1) is 7.11 Å². The van der Waals surface area contributed by atoms with Crippen LogP contribution in [-0.4, -0.2) is 38.4 Å². The van der Waals surface area contributed by atoms with E-state index in [0.717, 1.165) is 24.8 Å². The van der Waals surface area contributed by atoms with Gasteiger partial charge in [0.1, 0.15) is 10.6 Å². The number of rotatable bonds is 9. The summed E-state index contributed by atoms with van der Waals surface area (Å²) in [6.07, 6.45) is 2.46. The number of amides is 1. The predicted molar refractivity (Wildman–Crippen MR) is 112 cm³/mol. The van der Waals surface area contributed by atoms with Crippen LogP contribution >= 0.6 is 0 Å². The molecule has 0 spiro atoms. The van der Waals surface area contributed by atoms with Crippen molar-refractivity contribution in [2.45, 2.75) is 56.6 Å². The second-order valence-electron chi connectivity index (χ2n) is 7.44. The van der Waals surface area contributed by atoms with Crippen LogP contribution in [0.5, 0.6) is 5.75 Å². The van der Waals surface area contributed by atoms with Crippen LogP contribution in [0.1, 0.15) is 49.0 Å². The van der Waals surface area contributed by atoms with Crippen LogP contribution in [0.25, 0.3) is 0 Å². The van der Waals surface area contributed by atoms with Gasteiger partial charge in [0.2, 0.25) is 10.0 Å². The minimum Gasteiger partial charge on any atom is -0.495 e. The summed E-state index contributed by atoms with van der Waals surface area (Å²) in [4.78, 5) is 15.1. The number of ether oxygens (including phenoxy) is 1. The van der Waals surface area contributed by atoms with Crippen molar-refractivity contribution in [3.63, 3.8) is 0 Å². The van der Waals surface area contributed by atoms with Crippen molar-refractivity contribution in [3.05, 3.63) is 59.7 Å². The number of nitrogens with zero attached hydrogens (tertiary/aromatic N) is 1.